The Bertz CT molecular complexity index is 1470. The first-order chi connectivity index (χ1) is 19.6. The minimum atomic E-state index is -3.58. The van der Waals surface area contributed by atoms with Crippen LogP contribution in [0.15, 0.2) is 72.8 Å². The standard InChI is InChI=1S/C34H40N2O4S/c1-24(32(37)36-30-22-28-17-18-34(30,33(28,2)3)23-41(36,38)39)12-10-11-19-40-31-21-27(25-13-6-4-7-14-25)20-29(35-31)26-15-8-5-9-16-26/h4-9,13-16,20-21,24,28,30H,10-12,17-19,22-23H2,1-3H3/t24?,28?,30?,34-/m0/s1. The molecule has 3 fully saturated rings. The van der Waals surface area contributed by atoms with Gasteiger partial charge in [0.1, 0.15) is 0 Å². The molecule has 1 amide bonds. The molecular formula is C34H40N2O4S. The van der Waals surface area contributed by atoms with Crippen LogP contribution in [-0.2, 0) is 14.8 Å². The van der Waals surface area contributed by atoms with Gasteiger partial charge in [0.25, 0.3) is 0 Å². The van der Waals surface area contributed by atoms with Crippen molar-refractivity contribution in [2.45, 2.75) is 65.3 Å². The summed E-state index contributed by atoms with van der Waals surface area (Å²) >= 11 is 0. The maximum atomic E-state index is 13.5. The summed E-state index contributed by atoms with van der Waals surface area (Å²) in [5.41, 5.74) is 3.71. The summed E-state index contributed by atoms with van der Waals surface area (Å²) in [5.74, 6) is 0.636. The zero-order valence-corrected chi connectivity index (χ0v) is 25.1. The molecule has 2 aromatic carbocycles. The van der Waals surface area contributed by atoms with Gasteiger partial charge in [0, 0.05) is 23.0 Å². The fourth-order valence-corrected chi connectivity index (χ4v) is 10.4. The molecular weight excluding hydrogens is 532 g/mol. The van der Waals surface area contributed by atoms with Gasteiger partial charge in [0.05, 0.1) is 24.1 Å². The first-order valence-electron chi connectivity index (χ1n) is 14.9. The Hall–Kier alpha value is -3.19. The smallest absolute Gasteiger partial charge is 0.239 e. The Morgan fingerprint density at radius 1 is 1.00 bits per heavy atom. The summed E-state index contributed by atoms with van der Waals surface area (Å²) in [4.78, 5) is 18.3. The normalized spacial score (nSPS) is 26.1. The van der Waals surface area contributed by atoms with Crippen LogP contribution < -0.4 is 4.74 Å². The molecule has 0 N–H and O–H groups in total. The Morgan fingerprint density at radius 3 is 2.37 bits per heavy atom. The molecule has 41 heavy (non-hydrogen) atoms. The molecule has 3 aromatic rings. The van der Waals surface area contributed by atoms with Crippen LogP contribution in [0.25, 0.3) is 22.4 Å². The molecule has 2 bridgehead atoms. The third-order valence-electron chi connectivity index (χ3n) is 10.3. The molecule has 2 aliphatic carbocycles. The average molecular weight is 573 g/mol. The zero-order chi connectivity index (χ0) is 28.8. The number of carbonyl (C=O) groups is 1. The van der Waals surface area contributed by atoms with Crippen molar-refractivity contribution in [1.82, 2.24) is 9.29 Å². The van der Waals surface area contributed by atoms with Crippen LogP contribution in [0.2, 0.25) is 0 Å². The van der Waals surface area contributed by atoms with E-state index in [0.717, 1.165) is 54.5 Å². The number of fused-ring (bicyclic) bond motifs is 1. The summed E-state index contributed by atoms with van der Waals surface area (Å²) in [6.07, 6.45) is 4.97. The molecule has 0 radical (unpaired) electrons. The summed E-state index contributed by atoms with van der Waals surface area (Å²) < 4.78 is 34.0. The number of benzene rings is 2. The molecule has 3 unspecified atom stereocenters. The lowest BCUT2D eigenvalue weighted by Crippen LogP contribution is -2.45. The van der Waals surface area contributed by atoms with Crippen LogP contribution >= 0.6 is 0 Å². The number of carbonyl (C=O) groups excluding carboxylic acids is 1. The average Bonchev–Trinajstić information content (AvgIpc) is 3.45. The summed E-state index contributed by atoms with van der Waals surface area (Å²) in [6.45, 7) is 6.78. The van der Waals surface area contributed by atoms with E-state index < -0.39 is 10.0 Å². The van der Waals surface area contributed by atoms with Gasteiger partial charge >= 0.3 is 0 Å². The highest BCUT2D eigenvalue weighted by Gasteiger charge is 2.72. The third-order valence-corrected chi connectivity index (χ3v) is 12.2. The molecule has 7 heteroatoms. The zero-order valence-electron chi connectivity index (χ0n) is 24.3. The molecule has 1 aliphatic heterocycles. The van der Waals surface area contributed by atoms with Gasteiger partial charge in [-0.2, -0.15) is 0 Å². The molecule has 6 nitrogen and oxygen atoms in total. The van der Waals surface area contributed by atoms with E-state index in [1.807, 2.05) is 61.5 Å². The first-order valence-corrected chi connectivity index (χ1v) is 16.5. The van der Waals surface area contributed by atoms with Gasteiger partial charge in [0.2, 0.25) is 21.8 Å². The predicted molar refractivity (Wildman–Crippen MR) is 162 cm³/mol. The van der Waals surface area contributed by atoms with Crippen molar-refractivity contribution in [2.24, 2.45) is 22.7 Å². The Morgan fingerprint density at radius 2 is 1.68 bits per heavy atom. The van der Waals surface area contributed by atoms with Gasteiger partial charge in [-0.15, -0.1) is 0 Å². The van der Waals surface area contributed by atoms with E-state index in [1.165, 1.54) is 4.31 Å². The highest BCUT2D eigenvalue weighted by atomic mass is 32.2. The Labute approximate surface area is 244 Å². The second kappa shape index (κ2) is 10.6. The second-order valence-corrected chi connectivity index (χ2v) is 14.7. The highest BCUT2D eigenvalue weighted by molar-refractivity contribution is 7.90. The first kappa shape index (κ1) is 28.0. The molecule has 216 valence electrons. The number of nitrogens with zero attached hydrogens (tertiary/aromatic N) is 2. The lowest BCUT2D eigenvalue weighted by Gasteiger charge is -2.37. The Balaban J connectivity index is 1.08. The van der Waals surface area contributed by atoms with E-state index in [0.29, 0.717) is 24.8 Å². The molecule has 1 saturated heterocycles. The van der Waals surface area contributed by atoms with Crippen LogP contribution in [0.5, 0.6) is 5.88 Å². The lowest BCUT2D eigenvalue weighted by atomic mass is 9.69. The minimum Gasteiger partial charge on any atom is -0.478 e. The number of ether oxygens (including phenoxy) is 1. The number of rotatable bonds is 9. The van der Waals surface area contributed by atoms with Gasteiger partial charge in [-0.05, 0) is 67.1 Å². The fraction of sp³-hybridized carbons (Fsp3) is 0.471. The molecule has 1 spiro atoms. The van der Waals surface area contributed by atoms with Crippen molar-refractivity contribution < 1.29 is 17.9 Å². The molecule has 2 saturated carbocycles. The van der Waals surface area contributed by atoms with Gasteiger partial charge < -0.3 is 4.74 Å². The second-order valence-electron chi connectivity index (χ2n) is 12.8. The largest absolute Gasteiger partial charge is 0.478 e. The van der Waals surface area contributed by atoms with E-state index in [-0.39, 0.29) is 34.4 Å². The number of aromatic nitrogens is 1. The van der Waals surface area contributed by atoms with Crippen molar-refractivity contribution in [3.63, 3.8) is 0 Å². The quantitative estimate of drug-likeness (QED) is 0.259. The van der Waals surface area contributed by atoms with E-state index in [4.69, 9.17) is 9.72 Å². The maximum Gasteiger partial charge on any atom is 0.239 e. The van der Waals surface area contributed by atoms with E-state index >= 15 is 0 Å². The van der Waals surface area contributed by atoms with Crippen LogP contribution in [0.3, 0.4) is 0 Å². The number of unbranched alkanes of at least 4 members (excludes halogenated alkanes) is 1. The monoisotopic (exact) mass is 572 g/mol. The fourth-order valence-electron chi connectivity index (χ4n) is 7.78. The SMILES string of the molecule is CC(CCCCOc1cc(-c2ccccc2)cc(-c2ccccc2)n1)C(=O)N1C2CC3CC[C@@]2(CS1(=O)=O)C3(C)C. The van der Waals surface area contributed by atoms with Crippen molar-refractivity contribution in [3.05, 3.63) is 72.8 Å². The van der Waals surface area contributed by atoms with E-state index in [9.17, 15) is 13.2 Å². The topological polar surface area (TPSA) is 76.6 Å². The van der Waals surface area contributed by atoms with E-state index in [1.54, 1.807) is 0 Å². The number of hydrogen-bond donors (Lipinski definition) is 0. The van der Waals surface area contributed by atoms with E-state index in [2.05, 4.69) is 32.0 Å². The molecule has 1 aromatic heterocycles. The van der Waals surface area contributed by atoms with Crippen molar-refractivity contribution in [2.75, 3.05) is 12.4 Å². The lowest BCUT2D eigenvalue weighted by molar-refractivity contribution is -0.133. The number of pyridine rings is 1. The van der Waals surface area contributed by atoms with Crippen molar-refractivity contribution in [1.29, 1.82) is 0 Å². The molecule has 6 rings (SSSR count). The van der Waals surface area contributed by atoms with Crippen molar-refractivity contribution >= 4 is 15.9 Å². The van der Waals surface area contributed by atoms with Gasteiger partial charge in [-0.3, -0.25) is 4.79 Å². The maximum absolute atomic E-state index is 13.5. The number of sulfonamides is 1. The summed E-state index contributed by atoms with van der Waals surface area (Å²) in [7, 11) is -3.58. The van der Waals surface area contributed by atoms with Crippen LogP contribution in [0, 0.1) is 22.7 Å². The van der Waals surface area contributed by atoms with Crippen LogP contribution in [0.4, 0.5) is 0 Å². The number of hydrogen-bond acceptors (Lipinski definition) is 5. The van der Waals surface area contributed by atoms with Gasteiger partial charge in [-0.25, -0.2) is 17.7 Å². The molecule has 2 heterocycles. The third kappa shape index (κ3) is 4.86. The molecule has 3 aliphatic rings. The minimum absolute atomic E-state index is 0.0351. The number of amides is 1. The van der Waals surface area contributed by atoms with Gasteiger partial charge in [-0.1, -0.05) is 81.4 Å². The van der Waals surface area contributed by atoms with Crippen LogP contribution in [0.1, 0.15) is 59.3 Å². The predicted octanol–water partition coefficient (Wildman–Crippen LogP) is 6.97. The highest BCUT2D eigenvalue weighted by Crippen LogP contribution is 2.70. The molecule has 4 atom stereocenters. The Kier molecular flexibility index (Phi) is 7.21. The van der Waals surface area contributed by atoms with Crippen LogP contribution in [-0.4, -0.2) is 42.0 Å². The van der Waals surface area contributed by atoms with Gasteiger partial charge in [0.15, 0.2) is 0 Å². The van der Waals surface area contributed by atoms with Crippen molar-refractivity contribution in [3.8, 4) is 28.3 Å². The summed E-state index contributed by atoms with van der Waals surface area (Å²) in [5, 5.41) is 0. The summed E-state index contributed by atoms with van der Waals surface area (Å²) in [6, 6.07) is 24.2.